The molecule has 0 aliphatic carbocycles. The maximum Gasteiger partial charge on any atom is 0.275 e. The molecule has 2 N–H and O–H groups in total. The molecule has 0 amide bonds. The summed E-state index contributed by atoms with van der Waals surface area (Å²) in [5.41, 5.74) is 2.06. The van der Waals surface area contributed by atoms with Crippen LogP contribution in [0.4, 0.5) is 0 Å². The number of fused-ring (bicyclic) bond motifs is 1. The van der Waals surface area contributed by atoms with Gasteiger partial charge in [0.05, 0.1) is 31.1 Å². The topological polar surface area (TPSA) is 83.2 Å². The number of nitrogens with one attached hydrogen (secondary N) is 2. The molecule has 0 aromatic carbocycles. The molecule has 0 unspecified atom stereocenters. The van der Waals surface area contributed by atoms with E-state index in [0.717, 1.165) is 5.56 Å². The number of rotatable bonds is 3. The van der Waals surface area contributed by atoms with E-state index >= 15 is 0 Å². The largest absolute Gasteiger partial charge is 0.355 e. The predicted molar refractivity (Wildman–Crippen MR) is 78.0 cm³/mol. The van der Waals surface area contributed by atoms with Crippen LogP contribution in [0.1, 0.15) is 19.4 Å². The van der Waals surface area contributed by atoms with Crippen molar-refractivity contribution in [2.75, 3.05) is 20.3 Å². The Hall–Kier alpha value is -1.70. The molecule has 1 fully saturated rings. The van der Waals surface area contributed by atoms with Crippen molar-refractivity contribution >= 4 is 11.0 Å². The smallest absolute Gasteiger partial charge is 0.275 e. The zero-order valence-corrected chi connectivity index (χ0v) is 12.5. The fourth-order valence-electron chi connectivity index (χ4n) is 2.46. The zero-order chi connectivity index (χ0) is 15.0. The number of aromatic nitrogens is 3. The van der Waals surface area contributed by atoms with Gasteiger partial charge in [0.25, 0.3) is 5.56 Å². The van der Waals surface area contributed by atoms with Crippen LogP contribution in [0.15, 0.2) is 17.3 Å². The molecule has 7 nitrogen and oxygen atoms in total. The van der Waals surface area contributed by atoms with Crippen molar-refractivity contribution in [3.63, 3.8) is 0 Å². The van der Waals surface area contributed by atoms with E-state index in [0.29, 0.717) is 30.8 Å². The fraction of sp³-hybridized carbons (Fsp3) is 0.571. The second-order valence-electron chi connectivity index (χ2n) is 5.86. The second-order valence-corrected chi connectivity index (χ2v) is 5.86. The van der Waals surface area contributed by atoms with Gasteiger partial charge in [0.1, 0.15) is 5.52 Å². The summed E-state index contributed by atoms with van der Waals surface area (Å²) in [6, 6.07) is 0.185. The van der Waals surface area contributed by atoms with Crippen molar-refractivity contribution in [2.24, 2.45) is 0 Å². The van der Waals surface area contributed by atoms with E-state index in [1.807, 2.05) is 27.1 Å². The Balaban J connectivity index is 1.74. The van der Waals surface area contributed by atoms with E-state index in [1.54, 1.807) is 0 Å². The van der Waals surface area contributed by atoms with Crippen molar-refractivity contribution in [3.05, 3.63) is 28.4 Å². The molecule has 3 rings (SSSR count). The Labute approximate surface area is 122 Å². The molecule has 0 radical (unpaired) electrons. The third-order valence-corrected chi connectivity index (χ3v) is 3.84. The quantitative estimate of drug-likeness (QED) is 0.875. The third kappa shape index (κ3) is 2.85. The Kier molecular flexibility index (Phi) is 3.56. The molecule has 1 aliphatic heterocycles. The molecule has 2 aromatic heterocycles. The second kappa shape index (κ2) is 5.25. The van der Waals surface area contributed by atoms with Gasteiger partial charge in [0.15, 0.2) is 5.79 Å². The molecule has 0 bridgehead atoms. The van der Waals surface area contributed by atoms with E-state index in [2.05, 4.69) is 19.9 Å². The van der Waals surface area contributed by atoms with Crippen LogP contribution in [0.5, 0.6) is 0 Å². The van der Waals surface area contributed by atoms with Gasteiger partial charge in [-0.3, -0.25) is 9.69 Å². The highest BCUT2D eigenvalue weighted by Gasteiger charge is 2.30. The maximum absolute atomic E-state index is 11.7. The van der Waals surface area contributed by atoms with Gasteiger partial charge >= 0.3 is 0 Å². The minimum atomic E-state index is -0.507. The van der Waals surface area contributed by atoms with Gasteiger partial charge in [0, 0.05) is 18.3 Å². The molecule has 1 saturated heterocycles. The summed E-state index contributed by atoms with van der Waals surface area (Å²) in [5, 5.41) is 0. The number of ether oxygens (including phenoxy) is 2. The number of nitrogens with zero attached hydrogens (tertiary/aromatic N) is 2. The molecular formula is C14H20N4O3. The summed E-state index contributed by atoms with van der Waals surface area (Å²) in [6.45, 7) is 5.76. The molecule has 2 aromatic rings. The van der Waals surface area contributed by atoms with Crippen LogP contribution in [0.3, 0.4) is 0 Å². The third-order valence-electron chi connectivity index (χ3n) is 3.84. The lowest BCUT2D eigenvalue weighted by Crippen LogP contribution is -2.48. The van der Waals surface area contributed by atoms with Crippen LogP contribution >= 0.6 is 0 Å². The first-order chi connectivity index (χ1) is 9.96. The number of hydrogen-bond donors (Lipinski definition) is 2. The average molecular weight is 292 g/mol. The molecule has 1 aliphatic rings. The van der Waals surface area contributed by atoms with E-state index < -0.39 is 5.79 Å². The van der Waals surface area contributed by atoms with E-state index in [9.17, 15) is 4.79 Å². The predicted octanol–water partition coefficient (Wildman–Crippen LogP) is 0.834. The van der Waals surface area contributed by atoms with Crippen LogP contribution in [-0.2, 0) is 16.0 Å². The maximum atomic E-state index is 11.7. The molecule has 0 atom stereocenters. The lowest BCUT2D eigenvalue weighted by Gasteiger charge is -2.38. The Bertz CT molecular complexity index is 681. The lowest BCUT2D eigenvalue weighted by molar-refractivity contribution is -0.263. The SMILES string of the molecule is CN(Cc1c[nH]c2c(=O)[nH]cnc12)C1COC(C)(C)OC1. The van der Waals surface area contributed by atoms with Gasteiger partial charge in [0.2, 0.25) is 0 Å². The molecule has 21 heavy (non-hydrogen) atoms. The molecule has 0 spiro atoms. The van der Waals surface area contributed by atoms with Crippen LogP contribution in [0.25, 0.3) is 11.0 Å². The van der Waals surface area contributed by atoms with Gasteiger partial charge in [-0.25, -0.2) is 4.98 Å². The normalized spacial score (nSPS) is 19.4. The van der Waals surface area contributed by atoms with E-state index in [-0.39, 0.29) is 11.6 Å². The zero-order valence-electron chi connectivity index (χ0n) is 12.5. The van der Waals surface area contributed by atoms with Crippen molar-refractivity contribution in [3.8, 4) is 0 Å². The summed E-state index contributed by atoms with van der Waals surface area (Å²) in [5.74, 6) is -0.507. The first-order valence-electron chi connectivity index (χ1n) is 6.98. The van der Waals surface area contributed by atoms with Crippen LogP contribution in [-0.4, -0.2) is 51.9 Å². The summed E-state index contributed by atoms with van der Waals surface area (Å²) < 4.78 is 11.4. The fourth-order valence-corrected chi connectivity index (χ4v) is 2.46. The number of hydrogen-bond acceptors (Lipinski definition) is 5. The Morgan fingerprint density at radius 1 is 1.38 bits per heavy atom. The first-order valence-corrected chi connectivity index (χ1v) is 6.98. The van der Waals surface area contributed by atoms with Crippen LogP contribution in [0.2, 0.25) is 0 Å². The Morgan fingerprint density at radius 2 is 2.10 bits per heavy atom. The number of H-pyrrole nitrogens is 2. The lowest BCUT2D eigenvalue weighted by atomic mass is 10.2. The van der Waals surface area contributed by atoms with Gasteiger partial charge < -0.3 is 19.4 Å². The van der Waals surface area contributed by atoms with Crippen molar-refractivity contribution in [1.29, 1.82) is 0 Å². The Morgan fingerprint density at radius 3 is 2.81 bits per heavy atom. The molecule has 114 valence electrons. The highest BCUT2D eigenvalue weighted by molar-refractivity contribution is 5.77. The number of likely N-dealkylation sites (N-methyl/N-ethyl adjacent to an activating group) is 1. The minimum absolute atomic E-state index is 0.153. The number of aromatic amines is 2. The first kappa shape index (κ1) is 14.2. The molecule has 3 heterocycles. The summed E-state index contributed by atoms with van der Waals surface area (Å²) in [4.78, 5) is 23.6. The van der Waals surface area contributed by atoms with Crippen molar-refractivity contribution in [2.45, 2.75) is 32.2 Å². The van der Waals surface area contributed by atoms with E-state index in [4.69, 9.17) is 9.47 Å². The molecule has 0 saturated carbocycles. The van der Waals surface area contributed by atoms with Gasteiger partial charge in [-0.1, -0.05) is 0 Å². The monoisotopic (exact) mass is 292 g/mol. The van der Waals surface area contributed by atoms with Crippen LogP contribution < -0.4 is 5.56 Å². The summed E-state index contributed by atoms with van der Waals surface area (Å²) >= 11 is 0. The summed E-state index contributed by atoms with van der Waals surface area (Å²) in [7, 11) is 2.02. The molecular weight excluding hydrogens is 272 g/mol. The minimum Gasteiger partial charge on any atom is -0.355 e. The standard InChI is InChI=1S/C14H20N4O3/c1-14(2)20-6-10(7-21-14)18(3)5-9-4-15-12-11(9)16-8-17-13(12)19/h4,8,10,15H,5-7H2,1-3H3,(H,16,17,19). The van der Waals surface area contributed by atoms with Gasteiger partial charge in [-0.2, -0.15) is 0 Å². The van der Waals surface area contributed by atoms with Gasteiger partial charge in [-0.05, 0) is 20.9 Å². The molecule has 7 heteroatoms. The van der Waals surface area contributed by atoms with E-state index in [1.165, 1.54) is 6.33 Å². The van der Waals surface area contributed by atoms with Crippen molar-refractivity contribution in [1.82, 2.24) is 19.9 Å². The van der Waals surface area contributed by atoms with Gasteiger partial charge in [-0.15, -0.1) is 0 Å². The van der Waals surface area contributed by atoms with Crippen LogP contribution in [0, 0.1) is 0 Å². The average Bonchev–Trinajstić information content (AvgIpc) is 2.83. The van der Waals surface area contributed by atoms with Crippen molar-refractivity contribution < 1.29 is 9.47 Å². The highest BCUT2D eigenvalue weighted by atomic mass is 16.7. The highest BCUT2D eigenvalue weighted by Crippen LogP contribution is 2.21. The summed E-state index contributed by atoms with van der Waals surface area (Å²) in [6.07, 6.45) is 3.26.